The topological polar surface area (TPSA) is 125 Å². The normalized spacial score (nSPS) is 12.3. The molecule has 2 N–H and O–H groups in total. The zero-order chi connectivity index (χ0) is 23.5. The minimum absolute atomic E-state index is 0.117. The van der Waals surface area contributed by atoms with E-state index in [0.29, 0.717) is 40.2 Å². The summed E-state index contributed by atoms with van der Waals surface area (Å²) in [5.41, 5.74) is 3.66. The molecule has 172 valence electrons. The van der Waals surface area contributed by atoms with Crippen LogP contribution in [-0.4, -0.2) is 51.2 Å². The highest BCUT2D eigenvalue weighted by atomic mass is 16.7. The summed E-state index contributed by atoms with van der Waals surface area (Å²) in [5, 5.41) is 24.1. The molecule has 0 unspecified atom stereocenters. The van der Waals surface area contributed by atoms with E-state index in [2.05, 4.69) is 20.6 Å². The Morgan fingerprint density at radius 3 is 2.59 bits per heavy atom. The van der Waals surface area contributed by atoms with E-state index in [9.17, 15) is 5.11 Å². The Balaban J connectivity index is 1.73. The smallest absolute Gasteiger partial charge is 0.231 e. The summed E-state index contributed by atoms with van der Waals surface area (Å²) in [7, 11) is 1.61. The van der Waals surface area contributed by atoms with Crippen LogP contribution in [0.4, 0.5) is 0 Å². The third-order valence-corrected chi connectivity index (χ3v) is 5.29. The highest BCUT2D eigenvalue weighted by molar-refractivity contribution is 5.90. The second-order valence-electron chi connectivity index (χ2n) is 7.33. The molecule has 3 heterocycles. The van der Waals surface area contributed by atoms with Gasteiger partial charge in [0, 0.05) is 22.9 Å². The monoisotopic (exact) mass is 459 g/mol. The van der Waals surface area contributed by atoms with Gasteiger partial charge in [0.25, 0.3) is 0 Å². The van der Waals surface area contributed by atoms with Gasteiger partial charge in [-0.05, 0) is 42.0 Å². The fourth-order valence-corrected chi connectivity index (χ4v) is 3.72. The number of aliphatic hydroxyl groups is 1. The lowest BCUT2D eigenvalue weighted by Crippen LogP contribution is -2.02. The first-order chi connectivity index (χ1) is 16.7. The Morgan fingerprint density at radius 2 is 1.85 bits per heavy atom. The molecular weight excluding hydrogens is 438 g/mol. The summed E-state index contributed by atoms with van der Waals surface area (Å²) in [6.07, 6.45) is 3.46. The van der Waals surface area contributed by atoms with Crippen LogP contribution in [0.3, 0.4) is 0 Å². The number of aromatic nitrogens is 5. The molecule has 2 aromatic carbocycles. The molecule has 5 rings (SSSR count). The average Bonchev–Trinajstić information content (AvgIpc) is 3.55. The minimum Gasteiger partial charge on any atom is -0.497 e. The number of nitrogens with one attached hydrogen (secondary N) is 1. The number of ether oxygens (including phenoxy) is 4. The number of hydrogen-bond donors (Lipinski definition) is 2. The van der Waals surface area contributed by atoms with Crippen molar-refractivity contribution in [1.29, 1.82) is 0 Å². The van der Waals surface area contributed by atoms with E-state index < -0.39 is 0 Å². The molecule has 0 amide bonds. The minimum atomic E-state index is -0.117. The van der Waals surface area contributed by atoms with Gasteiger partial charge in [-0.2, -0.15) is 5.21 Å². The Bertz CT molecular complexity index is 1340. The number of fused-ring (bicyclic) bond motifs is 1. The number of pyridine rings is 1. The van der Waals surface area contributed by atoms with Crippen molar-refractivity contribution in [2.75, 3.05) is 20.5 Å². The summed E-state index contributed by atoms with van der Waals surface area (Å²) in [4.78, 5) is 4.72. The van der Waals surface area contributed by atoms with Gasteiger partial charge in [0.15, 0.2) is 11.5 Å². The molecule has 0 radical (unpaired) electrons. The summed E-state index contributed by atoms with van der Waals surface area (Å²) in [5.74, 6) is 3.09. The molecule has 1 aliphatic heterocycles. The fraction of sp³-hybridized carbons (Fsp3) is 0.167. The van der Waals surface area contributed by atoms with Crippen LogP contribution in [0.2, 0.25) is 0 Å². The molecule has 0 saturated heterocycles. The molecule has 10 nitrogen and oxygen atoms in total. The molecule has 4 aromatic rings. The van der Waals surface area contributed by atoms with Crippen molar-refractivity contribution in [3.63, 3.8) is 0 Å². The van der Waals surface area contributed by atoms with Crippen LogP contribution in [0.15, 0.2) is 48.5 Å². The van der Waals surface area contributed by atoms with Gasteiger partial charge in [-0.1, -0.05) is 24.3 Å². The van der Waals surface area contributed by atoms with Crippen molar-refractivity contribution in [3.05, 3.63) is 59.8 Å². The van der Waals surface area contributed by atoms with E-state index >= 15 is 0 Å². The van der Waals surface area contributed by atoms with E-state index in [1.54, 1.807) is 31.4 Å². The van der Waals surface area contributed by atoms with E-state index in [0.717, 1.165) is 22.4 Å². The van der Waals surface area contributed by atoms with Crippen LogP contribution in [0.5, 0.6) is 28.9 Å². The van der Waals surface area contributed by atoms with Gasteiger partial charge in [0.2, 0.25) is 18.5 Å². The largest absolute Gasteiger partial charge is 0.497 e. The predicted molar refractivity (Wildman–Crippen MR) is 123 cm³/mol. The second kappa shape index (κ2) is 9.20. The van der Waals surface area contributed by atoms with Crippen molar-refractivity contribution in [3.8, 4) is 51.4 Å². The van der Waals surface area contributed by atoms with Gasteiger partial charge in [-0.3, -0.25) is 0 Å². The Morgan fingerprint density at radius 1 is 1.06 bits per heavy atom. The molecule has 0 bridgehead atoms. The number of benzene rings is 2. The lowest BCUT2D eigenvalue weighted by molar-refractivity contribution is 0.174. The lowest BCUT2D eigenvalue weighted by Gasteiger charge is -2.18. The van der Waals surface area contributed by atoms with Crippen LogP contribution in [0, 0.1) is 6.92 Å². The van der Waals surface area contributed by atoms with Crippen molar-refractivity contribution in [1.82, 2.24) is 25.6 Å². The number of aliphatic hydroxyl groups excluding tert-OH is 1. The standard InChI is InChI=1S/C24H21N5O5/c1-14-18(4-3-11-30)21(15-5-7-16(31-2)8-6-15)22(23-26-28-29-27-23)24(25-14)34-17-9-10-19-20(12-17)33-13-32-19/h3-10,12,30H,11,13H2,1-2H3,(H,26,27,28,29)/b4-3+. The zero-order valence-electron chi connectivity index (χ0n) is 18.5. The van der Waals surface area contributed by atoms with Gasteiger partial charge in [0.1, 0.15) is 11.5 Å². The van der Waals surface area contributed by atoms with Crippen LogP contribution in [-0.2, 0) is 0 Å². The van der Waals surface area contributed by atoms with Gasteiger partial charge in [-0.25, -0.2) is 4.98 Å². The van der Waals surface area contributed by atoms with Gasteiger partial charge in [-0.15, -0.1) is 10.2 Å². The first-order valence-corrected chi connectivity index (χ1v) is 10.5. The number of aromatic amines is 1. The molecule has 0 spiro atoms. The lowest BCUT2D eigenvalue weighted by atomic mass is 9.93. The summed E-state index contributed by atoms with van der Waals surface area (Å²) < 4.78 is 22.4. The van der Waals surface area contributed by atoms with Crippen molar-refractivity contribution in [2.24, 2.45) is 0 Å². The third kappa shape index (κ3) is 4.02. The molecule has 0 fully saturated rings. The molecule has 0 atom stereocenters. The first-order valence-electron chi connectivity index (χ1n) is 10.5. The number of H-pyrrole nitrogens is 1. The van der Waals surface area contributed by atoms with Crippen LogP contribution >= 0.6 is 0 Å². The van der Waals surface area contributed by atoms with E-state index in [1.165, 1.54) is 0 Å². The van der Waals surface area contributed by atoms with Crippen molar-refractivity contribution >= 4 is 6.08 Å². The number of aryl methyl sites for hydroxylation is 1. The molecule has 34 heavy (non-hydrogen) atoms. The third-order valence-electron chi connectivity index (χ3n) is 5.29. The highest BCUT2D eigenvalue weighted by Crippen LogP contribution is 2.43. The van der Waals surface area contributed by atoms with Crippen LogP contribution in [0.25, 0.3) is 28.6 Å². The maximum atomic E-state index is 9.42. The number of rotatable bonds is 7. The number of methoxy groups -OCH3 is 1. The zero-order valence-corrected chi connectivity index (χ0v) is 18.5. The van der Waals surface area contributed by atoms with Gasteiger partial charge < -0.3 is 24.1 Å². The molecule has 1 aliphatic rings. The molecule has 0 aliphatic carbocycles. The summed E-state index contributed by atoms with van der Waals surface area (Å²) in [6.45, 7) is 1.92. The summed E-state index contributed by atoms with van der Waals surface area (Å²) >= 11 is 0. The van der Waals surface area contributed by atoms with E-state index in [-0.39, 0.29) is 13.4 Å². The van der Waals surface area contributed by atoms with E-state index in [4.69, 9.17) is 23.9 Å². The highest BCUT2D eigenvalue weighted by Gasteiger charge is 2.25. The second-order valence-corrected chi connectivity index (χ2v) is 7.33. The van der Waals surface area contributed by atoms with Crippen molar-refractivity contribution in [2.45, 2.75) is 6.92 Å². The average molecular weight is 459 g/mol. The quantitative estimate of drug-likeness (QED) is 0.425. The summed E-state index contributed by atoms with van der Waals surface area (Å²) in [6, 6.07) is 12.9. The molecule has 0 saturated carbocycles. The Hall–Kier alpha value is -4.44. The first kappa shape index (κ1) is 21.4. The predicted octanol–water partition coefficient (Wildman–Crippen LogP) is 3.77. The SMILES string of the molecule is COc1ccc(-c2c(/C=C/CO)c(C)nc(Oc3ccc4c(c3)OCO4)c2-c2nn[nH]n2)cc1. The maximum absolute atomic E-state index is 9.42. The van der Waals surface area contributed by atoms with Crippen molar-refractivity contribution < 1.29 is 24.1 Å². The number of tetrazole rings is 1. The Kier molecular flexibility index (Phi) is 5.79. The maximum Gasteiger partial charge on any atom is 0.231 e. The van der Waals surface area contributed by atoms with Crippen LogP contribution < -0.4 is 18.9 Å². The van der Waals surface area contributed by atoms with E-state index in [1.807, 2.05) is 37.3 Å². The van der Waals surface area contributed by atoms with Gasteiger partial charge in [0.05, 0.1) is 19.3 Å². The Labute approximate surface area is 194 Å². The van der Waals surface area contributed by atoms with Crippen LogP contribution in [0.1, 0.15) is 11.3 Å². The molecule has 10 heteroatoms. The molecular formula is C24H21N5O5. The number of hydrogen-bond acceptors (Lipinski definition) is 9. The van der Waals surface area contributed by atoms with Gasteiger partial charge >= 0.3 is 0 Å². The number of nitrogens with zero attached hydrogens (tertiary/aromatic N) is 4. The fourth-order valence-electron chi connectivity index (χ4n) is 3.72. The molecule has 2 aromatic heterocycles.